The Morgan fingerprint density at radius 3 is 2.76 bits per heavy atom. The summed E-state index contributed by atoms with van der Waals surface area (Å²) in [5.74, 6) is 0.797. The van der Waals surface area contributed by atoms with Crippen molar-refractivity contribution >= 4 is 22.8 Å². The van der Waals surface area contributed by atoms with Crippen molar-refractivity contribution in [1.29, 1.82) is 0 Å². The number of anilines is 1. The Balaban J connectivity index is 1.73. The topological polar surface area (TPSA) is 112 Å². The largest absolute Gasteiger partial charge is 0.479 e. The van der Waals surface area contributed by atoms with Gasteiger partial charge in [0.2, 0.25) is 5.88 Å². The summed E-state index contributed by atoms with van der Waals surface area (Å²) in [6, 6.07) is 9.93. The molecule has 0 spiro atoms. The van der Waals surface area contributed by atoms with Crippen molar-refractivity contribution in [2.75, 3.05) is 12.4 Å². The van der Waals surface area contributed by atoms with Crippen LogP contribution in [0.2, 0.25) is 0 Å². The Kier molecular flexibility index (Phi) is 4.80. The zero-order valence-electron chi connectivity index (χ0n) is 13.9. The van der Waals surface area contributed by atoms with Crippen LogP contribution >= 0.6 is 0 Å². The van der Waals surface area contributed by atoms with E-state index in [1.807, 2.05) is 30.3 Å². The molecule has 1 aromatic carbocycles. The number of hydrogen-bond donors (Lipinski definition) is 4. The number of carbonyl (C=O) groups excluding carboxylic acids is 1. The van der Waals surface area contributed by atoms with Crippen molar-refractivity contribution in [2.45, 2.75) is 19.1 Å². The van der Waals surface area contributed by atoms with E-state index in [9.17, 15) is 9.90 Å². The van der Waals surface area contributed by atoms with Crippen LogP contribution in [0, 0.1) is 0 Å². The summed E-state index contributed by atoms with van der Waals surface area (Å²) in [5, 5.41) is 22.9. The van der Waals surface area contributed by atoms with Crippen molar-refractivity contribution in [1.82, 2.24) is 20.5 Å². The minimum Gasteiger partial charge on any atom is -0.479 e. The number of aliphatic hydroxyl groups excluding tert-OH is 1. The molecule has 0 bridgehead atoms. The first-order chi connectivity index (χ1) is 12.1. The Hall–Kier alpha value is -3.13. The molecule has 0 aliphatic carbocycles. The van der Waals surface area contributed by atoms with Crippen molar-refractivity contribution in [2.24, 2.45) is 0 Å². The highest BCUT2D eigenvalue weighted by Crippen LogP contribution is 2.23. The molecule has 0 saturated carbocycles. The fourth-order valence-electron chi connectivity index (χ4n) is 2.55. The predicted molar refractivity (Wildman–Crippen MR) is 93.5 cm³/mol. The first-order valence-electron chi connectivity index (χ1n) is 7.77. The molecule has 0 aliphatic heterocycles. The number of urea groups is 1. The molecule has 0 unspecified atom stereocenters. The summed E-state index contributed by atoms with van der Waals surface area (Å²) >= 11 is 0. The summed E-state index contributed by atoms with van der Waals surface area (Å²) in [7, 11) is 1.52. The van der Waals surface area contributed by atoms with Gasteiger partial charge in [-0.3, -0.25) is 10.4 Å². The van der Waals surface area contributed by atoms with Crippen LogP contribution in [0.25, 0.3) is 10.9 Å². The lowest BCUT2D eigenvalue weighted by atomic mass is 10.0. The standard InChI is InChI=1S/C17H19N5O3/c1-10(23)15(11-6-4-3-5-7-11)20-17(24)19-14-8-13-12(9-18-14)16(25-2)22-21-13/h3-10,15,23H,1-2H3,(H,21,22)(H2,18,19,20,24)/t10-,15+/m0/s1. The molecule has 0 saturated heterocycles. The molecule has 0 aliphatic rings. The molecule has 130 valence electrons. The minimum absolute atomic E-state index is 0.355. The van der Waals surface area contributed by atoms with Gasteiger partial charge in [-0.25, -0.2) is 9.78 Å². The van der Waals surface area contributed by atoms with Gasteiger partial charge in [0.05, 0.1) is 30.2 Å². The summed E-state index contributed by atoms with van der Waals surface area (Å²) in [5.41, 5.74) is 1.51. The number of nitrogens with one attached hydrogen (secondary N) is 3. The van der Waals surface area contributed by atoms with Crippen LogP contribution in [-0.2, 0) is 0 Å². The first kappa shape index (κ1) is 16.7. The van der Waals surface area contributed by atoms with Gasteiger partial charge in [-0.2, -0.15) is 0 Å². The van der Waals surface area contributed by atoms with E-state index < -0.39 is 18.2 Å². The van der Waals surface area contributed by atoms with Crippen LogP contribution in [0.4, 0.5) is 10.6 Å². The number of amides is 2. The van der Waals surface area contributed by atoms with Crippen LogP contribution in [0.3, 0.4) is 0 Å². The maximum atomic E-state index is 12.3. The fourth-order valence-corrected chi connectivity index (χ4v) is 2.55. The number of carbonyl (C=O) groups is 1. The molecule has 2 heterocycles. The lowest BCUT2D eigenvalue weighted by Crippen LogP contribution is -2.37. The number of benzene rings is 1. The number of fused-ring (bicyclic) bond motifs is 1. The molecule has 3 rings (SSSR count). The van der Waals surface area contributed by atoms with Gasteiger partial charge < -0.3 is 15.2 Å². The summed E-state index contributed by atoms with van der Waals surface area (Å²) in [6.45, 7) is 1.62. The van der Waals surface area contributed by atoms with Gasteiger partial charge in [-0.05, 0) is 12.5 Å². The zero-order valence-corrected chi connectivity index (χ0v) is 13.9. The van der Waals surface area contributed by atoms with Crippen LogP contribution in [0.5, 0.6) is 5.88 Å². The maximum absolute atomic E-state index is 12.3. The van der Waals surface area contributed by atoms with E-state index >= 15 is 0 Å². The van der Waals surface area contributed by atoms with Crippen LogP contribution in [0.1, 0.15) is 18.5 Å². The average Bonchev–Trinajstić information content (AvgIpc) is 3.02. The first-order valence-corrected chi connectivity index (χ1v) is 7.77. The van der Waals surface area contributed by atoms with Gasteiger partial charge >= 0.3 is 6.03 Å². The van der Waals surface area contributed by atoms with Gasteiger partial charge in [0.15, 0.2) is 0 Å². The number of rotatable bonds is 5. The maximum Gasteiger partial charge on any atom is 0.320 e. The predicted octanol–water partition coefficient (Wildman–Crippen LogP) is 2.21. The van der Waals surface area contributed by atoms with E-state index in [-0.39, 0.29) is 0 Å². The van der Waals surface area contributed by atoms with Crippen LogP contribution in [0.15, 0.2) is 42.6 Å². The number of aromatic amines is 1. The van der Waals surface area contributed by atoms with Crippen molar-refractivity contribution < 1.29 is 14.6 Å². The molecule has 2 amide bonds. The molecule has 0 radical (unpaired) electrons. The highest BCUT2D eigenvalue weighted by molar-refractivity contribution is 5.92. The van der Waals surface area contributed by atoms with Gasteiger partial charge in [0, 0.05) is 12.3 Å². The summed E-state index contributed by atoms with van der Waals surface area (Å²) < 4.78 is 5.11. The fraction of sp³-hybridized carbons (Fsp3) is 0.235. The van der Waals surface area contributed by atoms with Gasteiger partial charge in [0.1, 0.15) is 5.82 Å². The third-order valence-electron chi connectivity index (χ3n) is 3.77. The highest BCUT2D eigenvalue weighted by atomic mass is 16.5. The second-order valence-corrected chi connectivity index (χ2v) is 5.58. The Bertz CT molecular complexity index is 863. The van der Waals surface area contributed by atoms with E-state index in [1.165, 1.54) is 7.11 Å². The average molecular weight is 341 g/mol. The molecule has 0 fully saturated rings. The monoisotopic (exact) mass is 341 g/mol. The summed E-state index contributed by atoms with van der Waals surface area (Å²) in [6.07, 6.45) is 0.817. The number of aliphatic hydroxyl groups is 1. The molecular formula is C17H19N5O3. The third-order valence-corrected chi connectivity index (χ3v) is 3.77. The molecule has 8 nitrogen and oxygen atoms in total. The van der Waals surface area contributed by atoms with Crippen molar-refractivity contribution in [3.05, 3.63) is 48.2 Å². The molecule has 2 atom stereocenters. The lowest BCUT2D eigenvalue weighted by Gasteiger charge is -2.22. The van der Waals surface area contributed by atoms with E-state index in [0.29, 0.717) is 17.2 Å². The smallest absolute Gasteiger partial charge is 0.320 e. The SMILES string of the molecule is COc1n[nH]c2cc(NC(=O)N[C@@H](c3ccccc3)[C@H](C)O)ncc12. The van der Waals surface area contributed by atoms with Gasteiger partial charge in [-0.15, -0.1) is 5.10 Å². The molecule has 4 N–H and O–H groups in total. The molecule has 8 heteroatoms. The van der Waals surface area contributed by atoms with E-state index in [0.717, 1.165) is 10.9 Å². The van der Waals surface area contributed by atoms with E-state index in [2.05, 4.69) is 25.8 Å². The normalized spacial score (nSPS) is 13.2. The number of H-pyrrole nitrogens is 1. The number of aromatic nitrogens is 3. The van der Waals surface area contributed by atoms with Crippen LogP contribution < -0.4 is 15.4 Å². The second kappa shape index (κ2) is 7.18. The lowest BCUT2D eigenvalue weighted by molar-refractivity contribution is 0.148. The van der Waals surface area contributed by atoms with E-state index in [1.54, 1.807) is 19.2 Å². The van der Waals surface area contributed by atoms with Crippen molar-refractivity contribution in [3.63, 3.8) is 0 Å². The van der Waals surface area contributed by atoms with Crippen molar-refractivity contribution in [3.8, 4) is 5.88 Å². The molecular weight excluding hydrogens is 322 g/mol. The third kappa shape index (κ3) is 3.69. The zero-order chi connectivity index (χ0) is 17.8. The molecule has 2 aromatic heterocycles. The van der Waals surface area contributed by atoms with E-state index in [4.69, 9.17) is 4.74 Å². The van der Waals surface area contributed by atoms with Gasteiger partial charge in [-0.1, -0.05) is 30.3 Å². The van der Waals surface area contributed by atoms with Crippen LogP contribution in [-0.4, -0.2) is 39.5 Å². The summed E-state index contributed by atoms with van der Waals surface area (Å²) in [4.78, 5) is 16.5. The highest BCUT2D eigenvalue weighted by Gasteiger charge is 2.20. The molecule has 25 heavy (non-hydrogen) atoms. The second-order valence-electron chi connectivity index (χ2n) is 5.58. The Morgan fingerprint density at radius 2 is 2.08 bits per heavy atom. The number of nitrogens with zero attached hydrogens (tertiary/aromatic N) is 2. The Labute approximate surface area is 144 Å². The minimum atomic E-state index is -0.750. The quantitative estimate of drug-likeness (QED) is 0.568. The number of hydrogen-bond acceptors (Lipinski definition) is 5. The Morgan fingerprint density at radius 1 is 1.32 bits per heavy atom. The number of ether oxygens (including phenoxy) is 1. The van der Waals surface area contributed by atoms with Gasteiger partial charge in [0.25, 0.3) is 0 Å². The molecule has 3 aromatic rings. The number of methoxy groups -OCH3 is 1. The number of pyridine rings is 1.